The summed E-state index contributed by atoms with van der Waals surface area (Å²) in [4.78, 5) is 15.2. The van der Waals surface area contributed by atoms with Crippen molar-refractivity contribution in [2.75, 3.05) is 0 Å². The topological polar surface area (TPSA) is 91.2 Å². The first kappa shape index (κ1) is 33.2. The van der Waals surface area contributed by atoms with Gasteiger partial charge in [0.15, 0.2) is 17.5 Å². The Hall–Kier alpha value is -7.67. The van der Waals surface area contributed by atoms with Crippen molar-refractivity contribution in [3.05, 3.63) is 180 Å². The quantitative estimate of drug-likeness (QED) is 0.172. The van der Waals surface area contributed by atoms with Gasteiger partial charge < -0.3 is 4.57 Å². The molecule has 0 saturated heterocycles. The van der Waals surface area contributed by atoms with E-state index in [-0.39, 0.29) is 0 Å². The Morgan fingerprint density at radius 3 is 1.25 bits per heavy atom. The lowest BCUT2D eigenvalue weighted by Gasteiger charge is -2.22. The molecule has 0 spiro atoms. The number of rotatable bonds is 6. The SMILES string of the molecule is Cc1ccc2c(c1)c1cc(C)ccc1n2-c1c(-c2ccccc2C#N)cc(-c2nc(-c3ccccc3)nc(-c3ccccc3)n2)cc1-c1ccccc1C#N. The van der Waals surface area contributed by atoms with Crippen molar-refractivity contribution in [3.8, 4) is 74.2 Å². The molecule has 6 heteroatoms. The number of aromatic nitrogens is 4. The van der Waals surface area contributed by atoms with E-state index < -0.39 is 0 Å². The molecule has 0 aliphatic rings. The fourth-order valence-corrected chi connectivity index (χ4v) is 7.48. The largest absolute Gasteiger partial charge is 0.308 e. The summed E-state index contributed by atoms with van der Waals surface area (Å²) in [5, 5.41) is 23.4. The normalized spacial score (nSPS) is 11.1. The van der Waals surface area contributed by atoms with Crippen molar-refractivity contribution in [2.24, 2.45) is 0 Å². The maximum absolute atomic E-state index is 10.6. The molecule has 0 atom stereocenters. The zero-order chi connectivity index (χ0) is 37.5. The second-order valence-electron chi connectivity index (χ2n) is 13.6. The van der Waals surface area contributed by atoms with Crippen LogP contribution in [0.15, 0.2) is 158 Å². The number of nitriles is 2. The number of aryl methyl sites for hydroxylation is 2. The molecule has 0 aliphatic heterocycles. The predicted molar refractivity (Wildman–Crippen MR) is 220 cm³/mol. The number of nitrogens with zero attached hydrogens (tertiary/aromatic N) is 6. The van der Waals surface area contributed by atoms with Crippen LogP contribution in [0.25, 0.3) is 83.9 Å². The summed E-state index contributed by atoms with van der Waals surface area (Å²) < 4.78 is 2.29. The summed E-state index contributed by atoms with van der Waals surface area (Å²) in [6, 6.07) is 57.3. The second kappa shape index (κ2) is 13.7. The third-order valence-electron chi connectivity index (χ3n) is 10.0. The molecule has 0 radical (unpaired) electrons. The molecular formula is C49H32N6. The minimum Gasteiger partial charge on any atom is -0.308 e. The Balaban J connectivity index is 1.46. The zero-order valence-corrected chi connectivity index (χ0v) is 30.2. The Morgan fingerprint density at radius 1 is 0.418 bits per heavy atom. The highest BCUT2D eigenvalue weighted by atomic mass is 15.0. The fraction of sp³-hybridized carbons (Fsp3) is 0.0408. The van der Waals surface area contributed by atoms with Gasteiger partial charge in [-0.1, -0.05) is 120 Å². The summed E-state index contributed by atoms with van der Waals surface area (Å²) in [7, 11) is 0. The van der Waals surface area contributed by atoms with Crippen LogP contribution >= 0.6 is 0 Å². The van der Waals surface area contributed by atoms with Gasteiger partial charge in [-0.15, -0.1) is 0 Å². The standard InChI is InChI=1S/C49H32N6/c1-31-21-23-44-40(25-31)41-26-32(2)22-24-45(41)55(44)46-42(38-19-11-9-17-35(38)29-50)27-37(28-43(46)39-20-12-10-18-36(39)30-51)49-53-47(33-13-5-3-6-14-33)52-48(54-49)34-15-7-4-8-16-34/h3-28H,1-2H3. The maximum Gasteiger partial charge on any atom is 0.164 e. The first-order valence-electron chi connectivity index (χ1n) is 18.1. The molecule has 9 aromatic rings. The van der Waals surface area contributed by atoms with Crippen LogP contribution < -0.4 is 0 Å². The van der Waals surface area contributed by atoms with Gasteiger partial charge in [0.2, 0.25) is 0 Å². The lowest BCUT2D eigenvalue weighted by Crippen LogP contribution is -2.05. The average Bonchev–Trinajstić information content (AvgIpc) is 3.55. The molecule has 2 heterocycles. The summed E-state index contributed by atoms with van der Waals surface area (Å²) in [5.74, 6) is 1.55. The van der Waals surface area contributed by atoms with Crippen LogP contribution in [-0.4, -0.2) is 19.5 Å². The summed E-state index contributed by atoms with van der Waals surface area (Å²) in [6.07, 6.45) is 0. The first-order chi connectivity index (χ1) is 27.0. The van der Waals surface area contributed by atoms with E-state index in [1.807, 2.05) is 109 Å². The van der Waals surface area contributed by atoms with Crippen LogP contribution in [0, 0.1) is 36.5 Å². The molecule has 6 nitrogen and oxygen atoms in total. The number of hydrogen-bond acceptors (Lipinski definition) is 5. The van der Waals surface area contributed by atoms with E-state index in [0.717, 1.165) is 77.6 Å². The van der Waals surface area contributed by atoms with Gasteiger partial charge in [0.25, 0.3) is 0 Å². The van der Waals surface area contributed by atoms with Crippen LogP contribution in [0.1, 0.15) is 22.3 Å². The van der Waals surface area contributed by atoms with Crippen LogP contribution in [0.5, 0.6) is 0 Å². The monoisotopic (exact) mass is 704 g/mol. The molecule has 7 aromatic carbocycles. The van der Waals surface area contributed by atoms with Gasteiger partial charge in [0.05, 0.1) is 40.0 Å². The average molecular weight is 705 g/mol. The van der Waals surface area contributed by atoms with Gasteiger partial charge >= 0.3 is 0 Å². The van der Waals surface area contributed by atoms with Crippen LogP contribution in [0.4, 0.5) is 0 Å². The summed E-state index contributed by atoms with van der Waals surface area (Å²) >= 11 is 0. The Bertz CT molecular complexity index is 2820. The number of hydrogen-bond donors (Lipinski definition) is 0. The zero-order valence-electron chi connectivity index (χ0n) is 30.2. The highest BCUT2D eigenvalue weighted by Gasteiger charge is 2.25. The van der Waals surface area contributed by atoms with E-state index in [1.54, 1.807) is 0 Å². The molecule has 55 heavy (non-hydrogen) atoms. The number of fused-ring (bicyclic) bond motifs is 3. The van der Waals surface area contributed by atoms with Crippen LogP contribution in [-0.2, 0) is 0 Å². The Kier molecular flexibility index (Phi) is 8.27. The molecule has 258 valence electrons. The molecule has 2 aromatic heterocycles. The third kappa shape index (κ3) is 5.89. The second-order valence-corrected chi connectivity index (χ2v) is 13.6. The van der Waals surface area contributed by atoms with Gasteiger partial charge in [0.1, 0.15) is 0 Å². The highest BCUT2D eigenvalue weighted by Crippen LogP contribution is 2.45. The molecule has 0 saturated carbocycles. The van der Waals surface area contributed by atoms with Crippen LogP contribution in [0.2, 0.25) is 0 Å². The van der Waals surface area contributed by atoms with Gasteiger partial charge in [0, 0.05) is 49.7 Å². The van der Waals surface area contributed by atoms with Gasteiger partial charge in [-0.3, -0.25) is 0 Å². The fourth-order valence-electron chi connectivity index (χ4n) is 7.48. The Morgan fingerprint density at radius 2 is 0.818 bits per heavy atom. The molecule has 0 aliphatic carbocycles. The van der Waals surface area contributed by atoms with Crippen molar-refractivity contribution in [2.45, 2.75) is 13.8 Å². The van der Waals surface area contributed by atoms with E-state index in [2.05, 4.69) is 79.1 Å². The van der Waals surface area contributed by atoms with Crippen molar-refractivity contribution < 1.29 is 0 Å². The van der Waals surface area contributed by atoms with Crippen molar-refractivity contribution in [3.63, 3.8) is 0 Å². The minimum atomic E-state index is 0.471. The lowest BCUT2D eigenvalue weighted by molar-refractivity contribution is 1.07. The third-order valence-corrected chi connectivity index (χ3v) is 10.0. The van der Waals surface area contributed by atoms with E-state index in [9.17, 15) is 10.5 Å². The van der Waals surface area contributed by atoms with E-state index in [0.29, 0.717) is 28.6 Å². The van der Waals surface area contributed by atoms with E-state index >= 15 is 0 Å². The molecule has 0 amide bonds. The van der Waals surface area contributed by atoms with Gasteiger partial charge in [-0.05, 0) is 62.4 Å². The maximum atomic E-state index is 10.6. The van der Waals surface area contributed by atoms with Crippen molar-refractivity contribution in [1.29, 1.82) is 10.5 Å². The lowest BCUT2D eigenvalue weighted by atomic mass is 9.89. The van der Waals surface area contributed by atoms with Crippen LogP contribution in [0.3, 0.4) is 0 Å². The first-order valence-corrected chi connectivity index (χ1v) is 18.1. The van der Waals surface area contributed by atoms with E-state index in [1.165, 1.54) is 0 Å². The predicted octanol–water partition coefficient (Wildman–Crippen LogP) is 11.7. The molecule has 0 N–H and O–H groups in total. The molecule has 0 unspecified atom stereocenters. The van der Waals surface area contributed by atoms with E-state index in [4.69, 9.17) is 15.0 Å². The molecular weight excluding hydrogens is 673 g/mol. The summed E-state index contributed by atoms with van der Waals surface area (Å²) in [6.45, 7) is 4.22. The highest BCUT2D eigenvalue weighted by molar-refractivity contribution is 6.11. The van der Waals surface area contributed by atoms with Crippen molar-refractivity contribution >= 4 is 21.8 Å². The van der Waals surface area contributed by atoms with Crippen molar-refractivity contribution in [1.82, 2.24) is 19.5 Å². The molecule has 0 bridgehead atoms. The smallest absolute Gasteiger partial charge is 0.164 e. The number of benzene rings is 7. The van der Waals surface area contributed by atoms with Gasteiger partial charge in [-0.2, -0.15) is 10.5 Å². The summed E-state index contributed by atoms with van der Waals surface area (Å²) in [5.41, 5.74) is 11.8. The Labute approximate surface area is 318 Å². The molecule has 9 rings (SSSR count). The van der Waals surface area contributed by atoms with Gasteiger partial charge in [-0.25, -0.2) is 15.0 Å². The molecule has 0 fully saturated rings. The minimum absolute atomic E-state index is 0.471.